The molecule has 0 fully saturated rings. The molecule has 25 heavy (non-hydrogen) atoms. The van der Waals surface area contributed by atoms with Gasteiger partial charge in [0.15, 0.2) is 5.78 Å². The predicted octanol–water partition coefficient (Wildman–Crippen LogP) is 5.13. The Morgan fingerprint density at radius 3 is 2.40 bits per heavy atom. The van der Waals surface area contributed by atoms with Gasteiger partial charge in [-0.1, -0.05) is 35.9 Å². The Morgan fingerprint density at radius 1 is 0.960 bits per heavy atom. The molecule has 0 aliphatic rings. The van der Waals surface area contributed by atoms with Gasteiger partial charge < -0.3 is 10.6 Å². The number of ketones is 1. The van der Waals surface area contributed by atoms with Crippen molar-refractivity contribution >= 4 is 40.4 Å². The van der Waals surface area contributed by atoms with Gasteiger partial charge in [-0.2, -0.15) is 0 Å². The van der Waals surface area contributed by atoms with Crippen LogP contribution in [0.2, 0.25) is 5.02 Å². The molecule has 3 aromatic rings. The molecule has 0 amide bonds. The zero-order valence-electron chi connectivity index (χ0n) is 13.9. The van der Waals surface area contributed by atoms with Crippen molar-refractivity contribution in [2.45, 2.75) is 13.8 Å². The highest BCUT2D eigenvalue weighted by Crippen LogP contribution is 2.25. The monoisotopic (exact) mass is 352 g/mol. The molecule has 0 unspecified atom stereocenters. The van der Waals surface area contributed by atoms with Crippen molar-refractivity contribution in [3.63, 3.8) is 0 Å². The number of hydrogen-bond acceptors (Lipinski definition) is 5. The van der Waals surface area contributed by atoms with E-state index in [4.69, 9.17) is 11.6 Å². The summed E-state index contributed by atoms with van der Waals surface area (Å²) < 4.78 is 0. The summed E-state index contributed by atoms with van der Waals surface area (Å²) in [4.78, 5) is 20.3. The van der Waals surface area contributed by atoms with Crippen LogP contribution in [0.4, 0.5) is 23.0 Å². The van der Waals surface area contributed by atoms with Crippen LogP contribution in [0.3, 0.4) is 0 Å². The minimum absolute atomic E-state index is 0.0172. The Morgan fingerprint density at radius 2 is 1.68 bits per heavy atom. The minimum atomic E-state index is 0.0172. The number of para-hydroxylation sites is 1. The van der Waals surface area contributed by atoms with Crippen molar-refractivity contribution in [1.82, 2.24) is 9.97 Å². The van der Waals surface area contributed by atoms with Gasteiger partial charge in [-0.25, -0.2) is 9.97 Å². The number of carbonyl (C=O) groups excluding carboxylic acids is 1. The highest BCUT2D eigenvalue weighted by atomic mass is 35.5. The number of aromatic nitrogens is 2. The summed E-state index contributed by atoms with van der Waals surface area (Å²) in [5.74, 6) is 1.89. The molecule has 0 atom stereocenters. The van der Waals surface area contributed by atoms with Crippen LogP contribution in [-0.4, -0.2) is 15.8 Å². The van der Waals surface area contributed by atoms with Gasteiger partial charge in [-0.3, -0.25) is 4.79 Å². The average molecular weight is 353 g/mol. The Kier molecular flexibility index (Phi) is 4.95. The van der Waals surface area contributed by atoms with E-state index in [1.165, 1.54) is 0 Å². The number of carbonyl (C=O) groups is 1. The van der Waals surface area contributed by atoms with E-state index in [9.17, 15) is 4.79 Å². The van der Waals surface area contributed by atoms with Crippen LogP contribution >= 0.6 is 11.6 Å². The number of hydrogen-bond donors (Lipinski definition) is 2. The zero-order valence-corrected chi connectivity index (χ0v) is 14.6. The largest absolute Gasteiger partial charge is 0.340 e. The molecular weight excluding hydrogens is 336 g/mol. The lowest BCUT2D eigenvalue weighted by atomic mass is 10.1. The second kappa shape index (κ2) is 7.32. The number of nitrogens with one attached hydrogen (secondary N) is 2. The molecule has 1 heterocycles. The lowest BCUT2D eigenvalue weighted by Gasteiger charge is -2.11. The van der Waals surface area contributed by atoms with Gasteiger partial charge in [0.1, 0.15) is 17.5 Å². The van der Waals surface area contributed by atoms with Crippen LogP contribution in [-0.2, 0) is 0 Å². The fraction of sp³-hybridized carbons (Fsp3) is 0.105. The molecule has 0 saturated heterocycles. The highest BCUT2D eigenvalue weighted by molar-refractivity contribution is 6.33. The number of Topliss-reactive ketones (excluding diaryl/α,β-unsaturated/α-hetero) is 1. The molecule has 1 aromatic heterocycles. The maximum Gasteiger partial charge on any atom is 0.159 e. The van der Waals surface area contributed by atoms with Crippen molar-refractivity contribution in [3.8, 4) is 0 Å². The summed E-state index contributed by atoms with van der Waals surface area (Å²) in [5, 5.41) is 7.01. The Bertz CT molecular complexity index is 927. The van der Waals surface area contributed by atoms with Crippen molar-refractivity contribution in [2.24, 2.45) is 0 Å². The van der Waals surface area contributed by atoms with E-state index in [0.29, 0.717) is 28.0 Å². The molecular formula is C19H17ClN4O. The lowest BCUT2D eigenvalue weighted by molar-refractivity contribution is 0.101. The summed E-state index contributed by atoms with van der Waals surface area (Å²) in [6.45, 7) is 3.36. The first-order valence-electron chi connectivity index (χ1n) is 7.76. The Labute approximate surface area is 151 Å². The third-order valence-electron chi connectivity index (χ3n) is 3.52. The topological polar surface area (TPSA) is 66.9 Å². The standard InChI is InChI=1S/C19H17ClN4O/c1-12(25)14-6-5-7-15(10-14)23-18-11-19(22-13(2)21-18)24-17-9-4-3-8-16(17)20/h3-11H,1-2H3,(H2,21,22,23,24). The van der Waals surface area contributed by atoms with E-state index >= 15 is 0 Å². The van der Waals surface area contributed by atoms with Crippen molar-refractivity contribution in [1.29, 1.82) is 0 Å². The molecule has 5 nitrogen and oxygen atoms in total. The lowest BCUT2D eigenvalue weighted by Crippen LogP contribution is -2.02. The van der Waals surface area contributed by atoms with E-state index in [1.807, 2.05) is 43.3 Å². The van der Waals surface area contributed by atoms with E-state index in [0.717, 1.165) is 11.4 Å². The zero-order chi connectivity index (χ0) is 17.8. The molecule has 3 rings (SSSR count). The molecule has 0 aliphatic heterocycles. The fourth-order valence-electron chi connectivity index (χ4n) is 2.36. The molecule has 6 heteroatoms. The first-order chi connectivity index (χ1) is 12.0. The number of aryl methyl sites for hydroxylation is 1. The maximum atomic E-state index is 11.5. The number of anilines is 4. The molecule has 2 N–H and O–H groups in total. The van der Waals surface area contributed by atoms with Gasteiger partial charge in [0.25, 0.3) is 0 Å². The Balaban J connectivity index is 1.86. The van der Waals surface area contributed by atoms with E-state index < -0.39 is 0 Å². The maximum absolute atomic E-state index is 11.5. The quantitative estimate of drug-likeness (QED) is 0.623. The van der Waals surface area contributed by atoms with E-state index in [2.05, 4.69) is 20.6 Å². The van der Waals surface area contributed by atoms with Crippen LogP contribution in [0.1, 0.15) is 23.1 Å². The van der Waals surface area contributed by atoms with Crippen molar-refractivity contribution in [3.05, 3.63) is 71.0 Å². The molecule has 0 aliphatic carbocycles. The number of benzene rings is 2. The SMILES string of the molecule is CC(=O)c1cccc(Nc2cc(Nc3ccccc3Cl)nc(C)n2)c1. The fourth-order valence-corrected chi connectivity index (χ4v) is 2.54. The van der Waals surface area contributed by atoms with Gasteiger partial charge in [0.2, 0.25) is 0 Å². The number of halogens is 1. The molecule has 126 valence electrons. The number of nitrogens with zero attached hydrogens (tertiary/aromatic N) is 2. The average Bonchev–Trinajstić information content (AvgIpc) is 2.57. The number of rotatable bonds is 5. The second-order valence-electron chi connectivity index (χ2n) is 5.55. The normalized spacial score (nSPS) is 10.4. The van der Waals surface area contributed by atoms with Crippen LogP contribution in [0, 0.1) is 6.92 Å². The Hall–Kier alpha value is -2.92. The van der Waals surface area contributed by atoms with Gasteiger partial charge in [-0.05, 0) is 38.1 Å². The summed E-state index contributed by atoms with van der Waals surface area (Å²) in [7, 11) is 0. The highest BCUT2D eigenvalue weighted by Gasteiger charge is 2.06. The third kappa shape index (κ3) is 4.33. The van der Waals surface area contributed by atoms with Crippen molar-refractivity contribution < 1.29 is 4.79 Å². The van der Waals surface area contributed by atoms with Gasteiger partial charge in [0, 0.05) is 17.3 Å². The van der Waals surface area contributed by atoms with E-state index in [-0.39, 0.29) is 5.78 Å². The predicted molar refractivity (Wildman–Crippen MR) is 101 cm³/mol. The first kappa shape index (κ1) is 16.9. The molecule has 0 saturated carbocycles. The summed E-state index contributed by atoms with van der Waals surface area (Å²) in [6.07, 6.45) is 0. The van der Waals surface area contributed by atoms with Crippen LogP contribution < -0.4 is 10.6 Å². The summed E-state index contributed by atoms with van der Waals surface area (Å²) in [6, 6.07) is 16.5. The minimum Gasteiger partial charge on any atom is -0.340 e. The molecule has 0 spiro atoms. The van der Waals surface area contributed by atoms with Crippen LogP contribution in [0.15, 0.2) is 54.6 Å². The van der Waals surface area contributed by atoms with Gasteiger partial charge in [0.05, 0.1) is 10.7 Å². The molecule has 0 bridgehead atoms. The van der Waals surface area contributed by atoms with E-state index in [1.54, 1.807) is 25.1 Å². The molecule has 0 radical (unpaired) electrons. The van der Waals surface area contributed by atoms with Crippen LogP contribution in [0.5, 0.6) is 0 Å². The second-order valence-corrected chi connectivity index (χ2v) is 5.96. The van der Waals surface area contributed by atoms with Crippen molar-refractivity contribution in [2.75, 3.05) is 10.6 Å². The van der Waals surface area contributed by atoms with Gasteiger partial charge >= 0.3 is 0 Å². The molecule has 2 aromatic carbocycles. The summed E-state index contributed by atoms with van der Waals surface area (Å²) in [5.41, 5.74) is 2.20. The smallest absolute Gasteiger partial charge is 0.159 e. The summed E-state index contributed by atoms with van der Waals surface area (Å²) >= 11 is 6.18. The van der Waals surface area contributed by atoms with Crippen LogP contribution in [0.25, 0.3) is 0 Å². The first-order valence-corrected chi connectivity index (χ1v) is 8.14. The third-order valence-corrected chi connectivity index (χ3v) is 3.85. The van der Waals surface area contributed by atoms with Gasteiger partial charge in [-0.15, -0.1) is 0 Å².